The molecule has 0 atom stereocenters. The Morgan fingerprint density at radius 1 is 1.33 bits per heavy atom. The topological polar surface area (TPSA) is 133 Å². The van der Waals surface area contributed by atoms with Gasteiger partial charge in [0.25, 0.3) is 5.69 Å². The number of H-pyrrole nitrogens is 1. The van der Waals surface area contributed by atoms with Crippen LogP contribution >= 0.6 is 15.9 Å². The lowest BCUT2D eigenvalue weighted by Gasteiger charge is -2.05. The molecule has 0 aliphatic rings. The third-order valence-electron chi connectivity index (χ3n) is 2.93. The average Bonchev–Trinajstić information content (AvgIpc) is 2.80. The number of ketones is 1. The van der Waals surface area contributed by atoms with Crippen molar-refractivity contribution >= 4 is 33.3 Å². The highest BCUT2D eigenvalue weighted by Crippen LogP contribution is 2.10. The van der Waals surface area contributed by atoms with E-state index in [0.29, 0.717) is 16.1 Å². The van der Waals surface area contributed by atoms with Crippen molar-refractivity contribution < 1.29 is 14.6 Å². The number of hydrogen-bond donors (Lipinski definition) is 2. The number of nitrogens with two attached hydrogens (primary N) is 1. The number of carbonyl (C=O) groups excluding carboxylic acids is 1. The summed E-state index contributed by atoms with van der Waals surface area (Å²) in [6.07, 6.45) is 0. The molecule has 9 nitrogen and oxygen atoms in total. The molecule has 0 spiro atoms. The van der Waals surface area contributed by atoms with Crippen molar-refractivity contribution in [2.75, 3.05) is 5.84 Å². The van der Waals surface area contributed by atoms with Gasteiger partial charge in [0, 0.05) is 15.7 Å². The summed E-state index contributed by atoms with van der Waals surface area (Å²) in [4.78, 5) is 24.9. The van der Waals surface area contributed by atoms with E-state index in [9.17, 15) is 14.7 Å². The van der Waals surface area contributed by atoms with E-state index >= 15 is 0 Å². The van der Waals surface area contributed by atoms with Crippen LogP contribution in [0.15, 0.2) is 43.7 Å². The van der Waals surface area contributed by atoms with E-state index in [-0.39, 0.29) is 18.0 Å². The molecule has 0 amide bonds. The molecule has 10 heteroatoms. The third kappa shape index (κ3) is 3.96. The van der Waals surface area contributed by atoms with Gasteiger partial charge in [-0.1, -0.05) is 33.3 Å². The van der Waals surface area contributed by atoms with E-state index in [2.05, 4.69) is 31.3 Å². The highest BCUT2D eigenvalue weighted by atomic mass is 79.9. The molecule has 0 fully saturated rings. The fourth-order valence-electron chi connectivity index (χ4n) is 1.84. The Morgan fingerprint density at radius 2 is 1.96 bits per heavy atom. The molecule has 0 saturated heterocycles. The maximum Gasteiger partial charge on any atom is 0.425 e. The lowest BCUT2D eigenvalue weighted by molar-refractivity contribution is -0.745. The molecule has 0 aliphatic carbocycles. The predicted molar refractivity (Wildman–Crippen MR) is 89.2 cm³/mol. The summed E-state index contributed by atoms with van der Waals surface area (Å²) in [5, 5.41) is 21.6. The Hall–Kier alpha value is -2.75. The van der Waals surface area contributed by atoms with E-state index < -0.39 is 11.5 Å². The molecule has 1 aromatic heterocycles. The number of halogens is 1. The first-order chi connectivity index (χ1) is 11.3. The minimum absolute atomic E-state index is 0.271. The van der Waals surface area contributed by atoms with Gasteiger partial charge >= 0.3 is 5.56 Å². The van der Waals surface area contributed by atoms with Gasteiger partial charge in [-0.3, -0.25) is 4.79 Å². The van der Waals surface area contributed by atoms with Crippen LogP contribution in [-0.4, -0.2) is 27.4 Å². The van der Waals surface area contributed by atoms with Crippen LogP contribution in [0.1, 0.15) is 29.9 Å². The van der Waals surface area contributed by atoms with Crippen LogP contribution < -0.4 is 21.2 Å². The molecule has 1 heterocycles. The van der Waals surface area contributed by atoms with Crippen LogP contribution in [0.3, 0.4) is 0 Å². The minimum Gasteiger partial charge on any atom is -0.854 e. The highest BCUT2D eigenvalue weighted by molar-refractivity contribution is 9.10. The summed E-state index contributed by atoms with van der Waals surface area (Å²) in [5.41, 5.74) is -0.192. The fourth-order valence-corrected chi connectivity index (χ4v) is 2.10. The van der Waals surface area contributed by atoms with Gasteiger partial charge in [0.15, 0.2) is 6.54 Å². The Morgan fingerprint density at radius 3 is 2.54 bits per heavy atom. The number of carbonyl (C=O) groups is 1. The van der Waals surface area contributed by atoms with Gasteiger partial charge in [-0.15, -0.1) is 4.68 Å². The zero-order chi connectivity index (χ0) is 17.9. The van der Waals surface area contributed by atoms with Gasteiger partial charge in [-0.2, -0.15) is 10.2 Å². The Kier molecular flexibility index (Phi) is 5.29. The summed E-state index contributed by atoms with van der Waals surface area (Å²) in [6, 6.07) is 6.69. The van der Waals surface area contributed by atoms with E-state index in [1.807, 2.05) is 0 Å². The molecular weight excluding hydrogens is 380 g/mol. The number of Topliss-reactive ketones (excluding diaryl/α,β-unsaturated/α-hetero) is 1. The van der Waals surface area contributed by atoms with Crippen molar-refractivity contribution in [2.24, 2.45) is 10.2 Å². The van der Waals surface area contributed by atoms with E-state index in [4.69, 9.17) is 5.84 Å². The van der Waals surface area contributed by atoms with Crippen molar-refractivity contribution in [2.45, 2.75) is 20.4 Å². The maximum absolute atomic E-state index is 12.3. The Balaban J connectivity index is 2.37. The molecule has 126 valence electrons. The lowest BCUT2D eigenvalue weighted by atomic mass is 10.1. The van der Waals surface area contributed by atoms with Crippen molar-refractivity contribution in [3.63, 3.8) is 0 Å². The van der Waals surface area contributed by atoms with Crippen LogP contribution in [0.25, 0.3) is 0 Å². The largest absolute Gasteiger partial charge is 0.854 e. The Labute approximate surface area is 145 Å². The molecule has 24 heavy (non-hydrogen) atoms. The van der Waals surface area contributed by atoms with Gasteiger partial charge in [0.2, 0.25) is 5.78 Å². The second kappa shape index (κ2) is 7.21. The predicted octanol–water partition coefficient (Wildman–Crippen LogP) is -0.674. The zero-order valence-electron chi connectivity index (χ0n) is 13.0. The van der Waals surface area contributed by atoms with Crippen LogP contribution in [0.4, 0.5) is 0 Å². The van der Waals surface area contributed by atoms with Gasteiger partial charge < -0.3 is 5.11 Å². The van der Waals surface area contributed by atoms with Crippen molar-refractivity contribution in [3.05, 3.63) is 50.3 Å². The molecule has 1 aromatic carbocycles. The lowest BCUT2D eigenvalue weighted by Crippen LogP contribution is -2.48. The van der Waals surface area contributed by atoms with Crippen molar-refractivity contribution in [1.82, 2.24) is 10.0 Å². The average molecular weight is 395 g/mol. The van der Waals surface area contributed by atoms with Gasteiger partial charge in [-0.25, -0.2) is 10.6 Å². The summed E-state index contributed by atoms with van der Waals surface area (Å²) in [5.74, 6) is 4.26. The quantitative estimate of drug-likeness (QED) is 0.173. The molecule has 2 aromatic rings. The van der Waals surface area contributed by atoms with Crippen LogP contribution in [-0.2, 0) is 6.54 Å². The minimum atomic E-state index is -0.884. The first kappa shape index (κ1) is 17.6. The number of benzene rings is 1. The molecule has 0 radical (unpaired) electrons. The van der Waals surface area contributed by atoms with E-state index in [0.717, 1.165) is 9.15 Å². The highest BCUT2D eigenvalue weighted by Gasteiger charge is 2.23. The summed E-state index contributed by atoms with van der Waals surface area (Å²) >= 11 is 3.28. The van der Waals surface area contributed by atoms with Crippen molar-refractivity contribution in [1.29, 1.82) is 0 Å². The SMILES string of the molecule is CC(C)=N/N=C(\[O-])c1c(=O)n(N)[nH][n+]1CC(=O)c1ccc(Br)cc1. The molecule has 2 rings (SSSR count). The standard InChI is InChI=1S/C14H15BrN6O3/c1-8(2)17-18-13(23)12-14(24)21(16)19-20(12)7-11(22)9-3-5-10(15)6-4-9/h3-6H,7H2,1-2H3,(H3-,16,18,19,23,24). The number of nitrogens with one attached hydrogen (secondary N) is 1. The maximum atomic E-state index is 12.3. The smallest absolute Gasteiger partial charge is 0.425 e. The summed E-state index contributed by atoms with van der Waals surface area (Å²) in [7, 11) is 0. The van der Waals surface area contributed by atoms with Crippen LogP contribution in [0, 0.1) is 0 Å². The van der Waals surface area contributed by atoms with E-state index in [1.54, 1.807) is 38.1 Å². The number of nitrogen functional groups attached to an aromatic ring is 1. The molecular formula is C14H15BrN6O3. The number of nitrogens with zero attached hydrogens (tertiary/aromatic N) is 4. The van der Waals surface area contributed by atoms with Crippen LogP contribution in [0.2, 0.25) is 0 Å². The summed E-state index contributed by atoms with van der Waals surface area (Å²) in [6.45, 7) is 3.03. The van der Waals surface area contributed by atoms with Gasteiger partial charge in [0.05, 0.1) is 5.90 Å². The van der Waals surface area contributed by atoms with Gasteiger partial charge in [-0.05, 0) is 30.8 Å². The molecule has 0 aliphatic heterocycles. The second-order valence-electron chi connectivity index (χ2n) is 5.09. The third-order valence-corrected chi connectivity index (χ3v) is 3.46. The normalized spacial score (nSPS) is 11.4. The summed E-state index contributed by atoms with van der Waals surface area (Å²) < 4.78 is 1.88. The number of rotatable bonds is 5. The molecule has 3 N–H and O–H groups in total. The second-order valence-corrected chi connectivity index (χ2v) is 6.01. The first-order valence-electron chi connectivity index (χ1n) is 6.84. The van der Waals surface area contributed by atoms with Crippen molar-refractivity contribution in [3.8, 4) is 0 Å². The molecule has 0 bridgehead atoms. The Bertz CT molecular complexity index is 875. The number of hydrogen-bond acceptors (Lipinski definition) is 6. The number of aromatic nitrogens is 3. The van der Waals surface area contributed by atoms with Crippen LogP contribution in [0.5, 0.6) is 0 Å². The van der Waals surface area contributed by atoms with Gasteiger partial charge in [0.1, 0.15) is 0 Å². The first-order valence-corrected chi connectivity index (χ1v) is 7.64. The fraction of sp³-hybridized carbons (Fsp3) is 0.214. The monoisotopic (exact) mass is 394 g/mol. The van der Waals surface area contributed by atoms with E-state index in [1.165, 1.54) is 0 Å². The molecule has 0 saturated carbocycles. The zero-order valence-corrected chi connectivity index (χ0v) is 14.6. The molecule has 0 unspecified atom stereocenters. The number of aromatic amines is 1.